The number of pyridine rings is 1. The van der Waals surface area contributed by atoms with Gasteiger partial charge < -0.3 is 5.11 Å². The summed E-state index contributed by atoms with van der Waals surface area (Å²) in [6.07, 6.45) is -2.74. The Bertz CT molecular complexity index is 404. The highest BCUT2D eigenvalue weighted by molar-refractivity contribution is 9.08. The largest absolute Gasteiger partial charge is 0.392 e. The molecule has 0 spiro atoms. The number of aliphatic hydroxyl groups excluding tert-OH is 1. The Balaban J connectivity index is 3.37. The molecule has 0 aliphatic heterocycles. The zero-order valence-electron chi connectivity index (χ0n) is 7.54. The molecule has 15 heavy (non-hydrogen) atoms. The molecule has 0 unspecified atom stereocenters. The molecule has 1 N–H and O–H groups in total. The van der Waals surface area contributed by atoms with Crippen molar-refractivity contribution in [1.82, 2.24) is 4.98 Å². The summed E-state index contributed by atoms with van der Waals surface area (Å²) < 4.78 is 24.7. The van der Waals surface area contributed by atoms with Crippen molar-refractivity contribution >= 4 is 15.9 Å². The molecule has 0 aliphatic carbocycles. The predicted molar refractivity (Wildman–Crippen MR) is 52.5 cm³/mol. The lowest BCUT2D eigenvalue weighted by molar-refractivity contribution is 0.145. The Morgan fingerprint density at radius 1 is 1.60 bits per heavy atom. The highest BCUT2D eigenvalue weighted by Crippen LogP contribution is 2.23. The normalized spacial score (nSPS) is 10.4. The van der Waals surface area contributed by atoms with Gasteiger partial charge in [0.15, 0.2) is 0 Å². The van der Waals surface area contributed by atoms with E-state index in [4.69, 9.17) is 10.4 Å². The second-order valence-corrected chi connectivity index (χ2v) is 3.30. The van der Waals surface area contributed by atoms with E-state index in [-0.39, 0.29) is 5.69 Å². The van der Waals surface area contributed by atoms with Gasteiger partial charge in [0.1, 0.15) is 17.5 Å². The van der Waals surface area contributed by atoms with Crippen LogP contribution in [0.4, 0.5) is 8.78 Å². The Labute approximate surface area is 93.5 Å². The zero-order chi connectivity index (χ0) is 11.4. The van der Waals surface area contributed by atoms with Crippen molar-refractivity contribution in [1.29, 1.82) is 5.26 Å². The van der Waals surface area contributed by atoms with Crippen LogP contribution in [-0.4, -0.2) is 10.1 Å². The maximum absolute atomic E-state index is 12.4. The average Bonchev–Trinajstić information content (AvgIpc) is 2.26. The van der Waals surface area contributed by atoms with Crippen molar-refractivity contribution in [3.05, 3.63) is 28.6 Å². The second kappa shape index (κ2) is 5.14. The van der Waals surface area contributed by atoms with Crippen LogP contribution in [0.3, 0.4) is 0 Å². The van der Waals surface area contributed by atoms with Gasteiger partial charge in [0.25, 0.3) is 6.43 Å². The fourth-order valence-corrected chi connectivity index (χ4v) is 1.77. The van der Waals surface area contributed by atoms with Crippen molar-refractivity contribution in [2.45, 2.75) is 18.4 Å². The highest BCUT2D eigenvalue weighted by atomic mass is 79.9. The van der Waals surface area contributed by atoms with Gasteiger partial charge in [0.05, 0.1) is 6.61 Å². The van der Waals surface area contributed by atoms with Crippen molar-refractivity contribution < 1.29 is 13.9 Å². The fraction of sp³-hybridized carbons (Fsp3) is 0.333. The monoisotopic (exact) mass is 276 g/mol. The summed E-state index contributed by atoms with van der Waals surface area (Å²) >= 11 is 3.11. The van der Waals surface area contributed by atoms with E-state index in [1.165, 1.54) is 0 Å². The number of nitrogens with zero attached hydrogens (tertiary/aromatic N) is 2. The third-order valence-corrected chi connectivity index (χ3v) is 2.43. The highest BCUT2D eigenvalue weighted by Gasteiger charge is 2.16. The van der Waals surface area contributed by atoms with E-state index in [9.17, 15) is 8.78 Å². The lowest BCUT2D eigenvalue weighted by atomic mass is 10.1. The third kappa shape index (κ3) is 2.49. The Hall–Kier alpha value is -1.06. The van der Waals surface area contributed by atoms with Crippen LogP contribution < -0.4 is 0 Å². The van der Waals surface area contributed by atoms with Gasteiger partial charge in [-0.25, -0.2) is 13.8 Å². The van der Waals surface area contributed by atoms with E-state index < -0.39 is 18.7 Å². The maximum atomic E-state index is 12.4. The van der Waals surface area contributed by atoms with Crippen LogP contribution in [0.5, 0.6) is 0 Å². The van der Waals surface area contributed by atoms with Gasteiger partial charge in [0.2, 0.25) is 0 Å². The summed E-state index contributed by atoms with van der Waals surface area (Å²) in [5.74, 6) is 0. The number of aliphatic hydroxyl groups is 1. The fourth-order valence-electron chi connectivity index (χ4n) is 1.14. The molecular formula is C9H7BrF2N2O. The number of hydrogen-bond acceptors (Lipinski definition) is 3. The predicted octanol–water partition coefficient (Wildman–Crippen LogP) is 2.28. The van der Waals surface area contributed by atoms with Gasteiger partial charge in [-0.2, -0.15) is 5.26 Å². The number of nitriles is 1. The molecule has 1 aromatic heterocycles. The first-order valence-corrected chi connectivity index (χ1v) is 5.14. The van der Waals surface area contributed by atoms with Crippen molar-refractivity contribution in [2.75, 3.05) is 0 Å². The Morgan fingerprint density at radius 3 is 2.67 bits per heavy atom. The van der Waals surface area contributed by atoms with Gasteiger partial charge in [-0.15, -0.1) is 0 Å². The summed E-state index contributed by atoms with van der Waals surface area (Å²) in [4.78, 5) is 3.52. The molecule has 6 heteroatoms. The molecule has 80 valence electrons. The summed E-state index contributed by atoms with van der Waals surface area (Å²) in [6.45, 7) is -0.391. The molecule has 0 fully saturated rings. The first kappa shape index (κ1) is 12.0. The van der Waals surface area contributed by atoms with E-state index in [0.717, 1.165) is 6.07 Å². The van der Waals surface area contributed by atoms with Crippen LogP contribution >= 0.6 is 15.9 Å². The molecule has 0 aliphatic rings. The molecule has 0 aromatic carbocycles. The van der Waals surface area contributed by atoms with Crippen LogP contribution in [0.15, 0.2) is 6.07 Å². The first-order valence-electron chi connectivity index (χ1n) is 4.01. The van der Waals surface area contributed by atoms with Crippen LogP contribution in [0.2, 0.25) is 0 Å². The molecule has 0 saturated carbocycles. The lowest BCUT2D eigenvalue weighted by Gasteiger charge is -2.08. The summed E-state index contributed by atoms with van der Waals surface area (Å²) in [6, 6.07) is 2.84. The van der Waals surface area contributed by atoms with E-state index >= 15 is 0 Å². The van der Waals surface area contributed by atoms with E-state index in [2.05, 4.69) is 20.9 Å². The standard InChI is InChI=1S/C9H7BrF2N2O/c10-2-6-5(4-15)1-7(9(11)12)14-8(6)3-13/h1,9,15H,2,4H2. The molecule has 3 nitrogen and oxygen atoms in total. The molecule has 0 atom stereocenters. The topological polar surface area (TPSA) is 56.9 Å². The van der Waals surface area contributed by atoms with E-state index in [1.54, 1.807) is 6.07 Å². The Morgan fingerprint density at radius 2 is 2.27 bits per heavy atom. The van der Waals surface area contributed by atoms with Gasteiger partial charge >= 0.3 is 0 Å². The first-order chi connectivity index (χ1) is 7.13. The van der Waals surface area contributed by atoms with Crippen LogP contribution in [0, 0.1) is 11.3 Å². The van der Waals surface area contributed by atoms with Crippen molar-refractivity contribution in [3.63, 3.8) is 0 Å². The number of hydrogen-bond donors (Lipinski definition) is 1. The van der Waals surface area contributed by atoms with Gasteiger partial charge in [0, 0.05) is 10.9 Å². The molecule has 1 aromatic rings. The van der Waals surface area contributed by atoms with Crippen LogP contribution in [0.1, 0.15) is 28.9 Å². The molecule has 0 amide bonds. The molecule has 1 rings (SSSR count). The smallest absolute Gasteiger partial charge is 0.280 e. The van der Waals surface area contributed by atoms with E-state index in [1.807, 2.05) is 0 Å². The van der Waals surface area contributed by atoms with Gasteiger partial charge in [-0.1, -0.05) is 15.9 Å². The van der Waals surface area contributed by atoms with E-state index in [0.29, 0.717) is 16.5 Å². The number of aromatic nitrogens is 1. The zero-order valence-corrected chi connectivity index (χ0v) is 9.13. The molecule has 1 heterocycles. The van der Waals surface area contributed by atoms with Gasteiger partial charge in [-0.3, -0.25) is 0 Å². The minimum Gasteiger partial charge on any atom is -0.392 e. The van der Waals surface area contributed by atoms with Crippen molar-refractivity contribution in [2.24, 2.45) is 0 Å². The molecule has 0 saturated heterocycles. The van der Waals surface area contributed by atoms with Crippen LogP contribution in [0.25, 0.3) is 0 Å². The third-order valence-electron chi connectivity index (χ3n) is 1.87. The average molecular weight is 277 g/mol. The Kier molecular flexibility index (Phi) is 4.12. The quantitative estimate of drug-likeness (QED) is 0.862. The molecular weight excluding hydrogens is 270 g/mol. The molecule has 0 bridgehead atoms. The lowest BCUT2D eigenvalue weighted by Crippen LogP contribution is -2.03. The van der Waals surface area contributed by atoms with Gasteiger partial charge in [-0.05, 0) is 11.6 Å². The minimum atomic E-state index is -2.74. The summed E-state index contributed by atoms with van der Waals surface area (Å²) in [7, 11) is 0. The maximum Gasteiger partial charge on any atom is 0.280 e. The second-order valence-electron chi connectivity index (χ2n) is 2.74. The van der Waals surface area contributed by atoms with Crippen LogP contribution in [-0.2, 0) is 11.9 Å². The number of alkyl halides is 3. The molecule has 0 radical (unpaired) electrons. The summed E-state index contributed by atoms with van der Waals surface area (Å²) in [5, 5.41) is 18.0. The number of halogens is 3. The number of rotatable bonds is 3. The van der Waals surface area contributed by atoms with Crippen molar-refractivity contribution in [3.8, 4) is 6.07 Å². The minimum absolute atomic E-state index is 0.0753. The SMILES string of the molecule is N#Cc1nc(C(F)F)cc(CO)c1CBr. The summed E-state index contributed by atoms with van der Waals surface area (Å²) in [5.41, 5.74) is 0.187.